The van der Waals surface area contributed by atoms with Crippen molar-refractivity contribution in [2.45, 2.75) is 13.8 Å². The van der Waals surface area contributed by atoms with Crippen LogP contribution in [0.15, 0.2) is 34.7 Å². The number of carbonyl (C=O) groups is 1. The van der Waals surface area contributed by atoms with Gasteiger partial charge in [0.15, 0.2) is 5.76 Å². The van der Waals surface area contributed by atoms with Crippen LogP contribution in [0.4, 0.5) is 5.69 Å². The lowest BCUT2D eigenvalue weighted by atomic mass is 10.2. The van der Waals surface area contributed by atoms with Crippen molar-refractivity contribution in [1.82, 2.24) is 9.78 Å². The standard InChI is InChI=1S/C14H13N3O2/c1-8-13(15)9(2)17(16-8)14(18)12-7-10-5-3-4-6-11(10)19-12/h3-7H,15H2,1-2H3. The molecule has 2 aromatic heterocycles. The van der Waals surface area contributed by atoms with Crippen molar-refractivity contribution in [3.63, 3.8) is 0 Å². The van der Waals surface area contributed by atoms with Crippen molar-refractivity contribution in [3.8, 4) is 0 Å². The number of nitrogens with two attached hydrogens (primary N) is 1. The molecule has 5 heteroatoms. The monoisotopic (exact) mass is 255 g/mol. The first-order valence-corrected chi connectivity index (χ1v) is 5.93. The number of hydrogen-bond donors (Lipinski definition) is 1. The van der Waals surface area contributed by atoms with Crippen molar-refractivity contribution in [2.24, 2.45) is 0 Å². The van der Waals surface area contributed by atoms with Gasteiger partial charge in [0.2, 0.25) is 0 Å². The Morgan fingerprint density at radius 1 is 1.32 bits per heavy atom. The van der Waals surface area contributed by atoms with Gasteiger partial charge >= 0.3 is 5.91 Å². The maximum Gasteiger partial charge on any atom is 0.314 e. The average molecular weight is 255 g/mol. The van der Waals surface area contributed by atoms with Crippen LogP contribution in [-0.4, -0.2) is 15.7 Å². The molecular weight excluding hydrogens is 242 g/mol. The predicted molar refractivity (Wildman–Crippen MR) is 72.1 cm³/mol. The van der Waals surface area contributed by atoms with Crippen LogP contribution >= 0.6 is 0 Å². The predicted octanol–water partition coefficient (Wildman–Crippen LogP) is 2.52. The first-order chi connectivity index (χ1) is 9.08. The minimum atomic E-state index is -0.312. The maximum absolute atomic E-state index is 12.4. The van der Waals surface area contributed by atoms with Crippen molar-refractivity contribution >= 4 is 22.6 Å². The molecule has 0 saturated carbocycles. The van der Waals surface area contributed by atoms with Crippen molar-refractivity contribution in [1.29, 1.82) is 0 Å². The van der Waals surface area contributed by atoms with E-state index in [9.17, 15) is 4.79 Å². The van der Waals surface area contributed by atoms with Crippen molar-refractivity contribution in [3.05, 3.63) is 47.5 Å². The number of furan rings is 1. The van der Waals surface area contributed by atoms with Gasteiger partial charge in [0.05, 0.1) is 17.1 Å². The van der Waals surface area contributed by atoms with Crippen LogP contribution in [0.1, 0.15) is 21.9 Å². The van der Waals surface area contributed by atoms with Gasteiger partial charge < -0.3 is 10.2 Å². The minimum Gasteiger partial charge on any atom is -0.451 e. The van der Waals surface area contributed by atoms with Crippen LogP contribution in [0.25, 0.3) is 11.0 Å². The molecule has 19 heavy (non-hydrogen) atoms. The Kier molecular flexibility index (Phi) is 2.41. The maximum atomic E-state index is 12.4. The quantitative estimate of drug-likeness (QED) is 0.725. The van der Waals surface area contributed by atoms with Gasteiger partial charge in [0.25, 0.3) is 0 Å². The molecule has 0 atom stereocenters. The van der Waals surface area contributed by atoms with E-state index in [0.717, 1.165) is 5.39 Å². The van der Waals surface area contributed by atoms with Crippen LogP contribution in [0.5, 0.6) is 0 Å². The van der Waals surface area contributed by atoms with Gasteiger partial charge in [-0.2, -0.15) is 9.78 Å². The Morgan fingerprint density at radius 2 is 2.05 bits per heavy atom. The van der Waals surface area contributed by atoms with E-state index in [4.69, 9.17) is 10.2 Å². The highest BCUT2D eigenvalue weighted by atomic mass is 16.3. The number of para-hydroxylation sites is 1. The average Bonchev–Trinajstić information content (AvgIpc) is 2.95. The van der Waals surface area contributed by atoms with Gasteiger partial charge in [-0.05, 0) is 26.0 Å². The molecular formula is C14H13N3O2. The molecule has 0 spiro atoms. The smallest absolute Gasteiger partial charge is 0.314 e. The zero-order chi connectivity index (χ0) is 13.6. The largest absolute Gasteiger partial charge is 0.451 e. The normalized spacial score (nSPS) is 11.1. The number of nitrogens with zero attached hydrogens (tertiary/aromatic N) is 2. The van der Waals surface area contributed by atoms with E-state index in [1.807, 2.05) is 24.3 Å². The van der Waals surface area contributed by atoms with Crippen molar-refractivity contribution in [2.75, 3.05) is 5.73 Å². The van der Waals surface area contributed by atoms with Crippen LogP contribution < -0.4 is 5.73 Å². The lowest BCUT2D eigenvalue weighted by Crippen LogP contribution is -2.14. The molecule has 2 N–H and O–H groups in total. The van der Waals surface area contributed by atoms with Gasteiger partial charge in [-0.3, -0.25) is 4.79 Å². The van der Waals surface area contributed by atoms with Crippen molar-refractivity contribution < 1.29 is 9.21 Å². The lowest BCUT2D eigenvalue weighted by molar-refractivity contribution is 0.0916. The fraction of sp³-hybridized carbons (Fsp3) is 0.143. The molecule has 2 heterocycles. The molecule has 96 valence electrons. The Morgan fingerprint density at radius 3 is 2.68 bits per heavy atom. The highest BCUT2D eigenvalue weighted by Crippen LogP contribution is 2.21. The van der Waals surface area contributed by atoms with E-state index < -0.39 is 0 Å². The zero-order valence-corrected chi connectivity index (χ0v) is 10.7. The topological polar surface area (TPSA) is 74.0 Å². The number of carbonyl (C=O) groups excluding carboxylic acids is 1. The number of aryl methyl sites for hydroxylation is 1. The van der Waals surface area contributed by atoms with E-state index in [1.165, 1.54) is 4.68 Å². The third kappa shape index (κ3) is 1.71. The summed E-state index contributed by atoms with van der Waals surface area (Å²) < 4.78 is 6.82. The Hall–Kier alpha value is -2.56. The molecule has 1 aromatic carbocycles. The summed E-state index contributed by atoms with van der Waals surface area (Å²) in [5.41, 5.74) is 8.31. The number of fused-ring (bicyclic) bond motifs is 1. The highest BCUT2D eigenvalue weighted by molar-refractivity contribution is 5.97. The number of aromatic nitrogens is 2. The third-order valence-corrected chi connectivity index (χ3v) is 3.18. The first kappa shape index (κ1) is 11.5. The van der Waals surface area contributed by atoms with E-state index in [1.54, 1.807) is 19.9 Å². The Bertz CT molecular complexity index is 750. The van der Waals surface area contributed by atoms with Crippen LogP contribution in [0.2, 0.25) is 0 Å². The summed E-state index contributed by atoms with van der Waals surface area (Å²) >= 11 is 0. The van der Waals surface area contributed by atoms with Gasteiger partial charge in [-0.25, -0.2) is 0 Å². The zero-order valence-electron chi connectivity index (χ0n) is 10.7. The van der Waals surface area contributed by atoms with Gasteiger partial charge in [-0.15, -0.1) is 0 Å². The van der Waals surface area contributed by atoms with Gasteiger partial charge in [0, 0.05) is 5.39 Å². The minimum absolute atomic E-state index is 0.256. The van der Waals surface area contributed by atoms with E-state index in [0.29, 0.717) is 22.7 Å². The molecule has 0 saturated heterocycles. The van der Waals surface area contributed by atoms with E-state index in [2.05, 4.69) is 5.10 Å². The summed E-state index contributed by atoms with van der Waals surface area (Å²) in [7, 11) is 0. The molecule has 0 aliphatic heterocycles. The third-order valence-electron chi connectivity index (χ3n) is 3.18. The molecule has 0 aliphatic rings. The Balaban J connectivity index is 2.10. The molecule has 5 nitrogen and oxygen atoms in total. The van der Waals surface area contributed by atoms with E-state index in [-0.39, 0.29) is 11.7 Å². The molecule has 0 amide bonds. The summed E-state index contributed by atoms with van der Waals surface area (Å²) in [5.74, 6) is -0.0553. The SMILES string of the molecule is Cc1nn(C(=O)c2cc3ccccc3o2)c(C)c1N. The fourth-order valence-corrected chi connectivity index (χ4v) is 2.04. The number of rotatable bonds is 1. The number of nitrogen functional groups attached to an aromatic ring is 1. The van der Waals surface area contributed by atoms with Gasteiger partial charge in [0.1, 0.15) is 5.58 Å². The van der Waals surface area contributed by atoms with Crippen LogP contribution in [0, 0.1) is 13.8 Å². The summed E-state index contributed by atoms with van der Waals surface area (Å²) in [4.78, 5) is 12.4. The summed E-state index contributed by atoms with van der Waals surface area (Å²) in [6, 6.07) is 9.19. The van der Waals surface area contributed by atoms with Gasteiger partial charge in [-0.1, -0.05) is 18.2 Å². The lowest BCUT2D eigenvalue weighted by Gasteiger charge is -1.99. The summed E-state index contributed by atoms with van der Waals surface area (Å²) in [5, 5.41) is 5.03. The van der Waals surface area contributed by atoms with Crippen LogP contribution in [-0.2, 0) is 0 Å². The molecule has 0 aliphatic carbocycles. The summed E-state index contributed by atoms with van der Waals surface area (Å²) in [6.07, 6.45) is 0. The number of benzene rings is 1. The van der Waals surface area contributed by atoms with Crippen LogP contribution in [0.3, 0.4) is 0 Å². The molecule has 3 aromatic rings. The fourth-order valence-electron chi connectivity index (χ4n) is 2.04. The highest BCUT2D eigenvalue weighted by Gasteiger charge is 2.19. The first-order valence-electron chi connectivity index (χ1n) is 5.93. The second-order valence-corrected chi connectivity index (χ2v) is 4.45. The molecule has 3 rings (SSSR count). The second-order valence-electron chi connectivity index (χ2n) is 4.45. The molecule has 0 unspecified atom stereocenters. The second kappa shape index (κ2) is 3.98. The Labute approximate surface area is 109 Å². The number of anilines is 1. The van der Waals surface area contributed by atoms with E-state index >= 15 is 0 Å². The summed E-state index contributed by atoms with van der Waals surface area (Å²) in [6.45, 7) is 3.53. The molecule has 0 radical (unpaired) electrons. The molecule has 0 bridgehead atoms. The number of hydrogen-bond acceptors (Lipinski definition) is 4. The molecule has 0 fully saturated rings.